The van der Waals surface area contributed by atoms with Gasteiger partial charge in [-0.3, -0.25) is 0 Å². The van der Waals surface area contributed by atoms with E-state index in [1.54, 1.807) is 11.1 Å². The fraction of sp³-hybridized carbons (Fsp3) is 0.571. The fourth-order valence-corrected chi connectivity index (χ4v) is 4.51. The number of rotatable bonds is 0. The molecule has 0 amide bonds. The zero-order valence-corrected chi connectivity index (χ0v) is 8.66. The molecule has 0 aromatic heterocycles. The Kier molecular flexibility index (Phi) is 1.20. The van der Waals surface area contributed by atoms with Crippen LogP contribution in [0.2, 0.25) is 0 Å². The van der Waals surface area contributed by atoms with E-state index in [2.05, 4.69) is 25.2 Å². The topological polar surface area (TPSA) is 0 Å². The second kappa shape index (κ2) is 2.24. The molecular formula is C14H16. The van der Waals surface area contributed by atoms with Crippen LogP contribution in [0.25, 0.3) is 0 Å². The summed E-state index contributed by atoms with van der Waals surface area (Å²) in [6, 6.07) is 0. The van der Waals surface area contributed by atoms with Crippen LogP contribution in [0.5, 0.6) is 0 Å². The number of allylic oxidation sites excluding steroid dienone is 6. The van der Waals surface area contributed by atoms with Crippen molar-refractivity contribution in [2.75, 3.05) is 0 Å². The molecule has 14 heavy (non-hydrogen) atoms. The lowest BCUT2D eigenvalue weighted by atomic mass is 9.76. The predicted molar refractivity (Wildman–Crippen MR) is 57.7 cm³/mol. The predicted octanol–water partition coefficient (Wildman–Crippen LogP) is 3.48. The van der Waals surface area contributed by atoms with Crippen LogP contribution in [0.1, 0.15) is 26.2 Å². The van der Waals surface area contributed by atoms with Crippen molar-refractivity contribution in [1.29, 1.82) is 0 Å². The van der Waals surface area contributed by atoms with E-state index in [1.165, 1.54) is 19.3 Å². The Labute approximate surface area is 85.4 Å². The molecule has 2 fully saturated rings. The highest BCUT2D eigenvalue weighted by Crippen LogP contribution is 2.64. The molecule has 4 atom stereocenters. The maximum atomic E-state index is 2.47. The average Bonchev–Trinajstić information content (AvgIpc) is 2.94. The lowest BCUT2D eigenvalue weighted by Gasteiger charge is -2.28. The van der Waals surface area contributed by atoms with Crippen molar-refractivity contribution in [1.82, 2.24) is 0 Å². The minimum atomic E-state index is 0.894. The third-order valence-corrected chi connectivity index (χ3v) is 4.93. The second-order valence-electron chi connectivity index (χ2n) is 5.34. The first-order chi connectivity index (χ1) is 6.88. The van der Waals surface area contributed by atoms with Crippen molar-refractivity contribution in [2.45, 2.75) is 26.2 Å². The number of fused-ring (bicyclic) bond motifs is 8. The zero-order chi connectivity index (χ0) is 9.28. The Morgan fingerprint density at radius 1 is 1.36 bits per heavy atom. The van der Waals surface area contributed by atoms with Gasteiger partial charge in [-0.05, 0) is 55.4 Å². The van der Waals surface area contributed by atoms with Crippen LogP contribution in [0.15, 0.2) is 34.9 Å². The second-order valence-corrected chi connectivity index (χ2v) is 5.34. The molecule has 0 spiro atoms. The Morgan fingerprint density at radius 2 is 2.29 bits per heavy atom. The van der Waals surface area contributed by atoms with Crippen LogP contribution in [-0.2, 0) is 0 Å². The average molecular weight is 184 g/mol. The lowest BCUT2D eigenvalue weighted by Crippen LogP contribution is -2.19. The molecule has 0 radical (unpaired) electrons. The minimum absolute atomic E-state index is 0.894. The van der Waals surface area contributed by atoms with Crippen LogP contribution in [0.3, 0.4) is 0 Å². The summed E-state index contributed by atoms with van der Waals surface area (Å²) in [5, 5.41) is 0. The maximum Gasteiger partial charge on any atom is -0.00624 e. The summed E-state index contributed by atoms with van der Waals surface area (Å²) >= 11 is 0. The first-order valence-corrected chi connectivity index (χ1v) is 5.94. The van der Waals surface area contributed by atoms with Crippen LogP contribution in [0, 0.1) is 23.7 Å². The van der Waals surface area contributed by atoms with E-state index in [4.69, 9.17) is 0 Å². The molecule has 4 aliphatic carbocycles. The van der Waals surface area contributed by atoms with E-state index in [0.29, 0.717) is 0 Å². The van der Waals surface area contributed by atoms with Crippen molar-refractivity contribution in [3.8, 4) is 0 Å². The fourth-order valence-electron chi connectivity index (χ4n) is 4.51. The molecule has 2 saturated carbocycles. The van der Waals surface area contributed by atoms with Crippen LogP contribution in [0.4, 0.5) is 0 Å². The van der Waals surface area contributed by atoms with Gasteiger partial charge in [0, 0.05) is 0 Å². The smallest absolute Gasteiger partial charge is 0.00624 e. The SMILES string of the molecule is CC=C1CC2CC1C1C2=C2C=CC1C2. The molecular weight excluding hydrogens is 168 g/mol. The third-order valence-electron chi connectivity index (χ3n) is 4.93. The molecule has 72 valence electrons. The largest absolute Gasteiger partial charge is 0.0881 e. The van der Waals surface area contributed by atoms with Crippen LogP contribution in [-0.4, -0.2) is 0 Å². The van der Waals surface area contributed by atoms with Crippen molar-refractivity contribution in [2.24, 2.45) is 23.7 Å². The Morgan fingerprint density at radius 3 is 3.14 bits per heavy atom. The van der Waals surface area contributed by atoms with E-state index in [0.717, 1.165) is 23.7 Å². The van der Waals surface area contributed by atoms with Crippen molar-refractivity contribution in [3.63, 3.8) is 0 Å². The first-order valence-electron chi connectivity index (χ1n) is 5.94. The first kappa shape index (κ1) is 7.50. The summed E-state index contributed by atoms with van der Waals surface area (Å²) in [5.41, 5.74) is 5.38. The molecule has 0 aliphatic heterocycles. The van der Waals surface area contributed by atoms with Crippen molar-refractivity contribution >= 4 is 0 Å². The van der Waals surface area contributed by atoms with Gasteiger partial charge in [-0.1, -0.05) is 29.4 Å². The molecule has 0 nitrogen and oxygen atoms in total. The van der Waals surface area contributed by atoms with Gasteiger partial charge in [0.2, 0.25) is 0 Å². The molecule has 4 rings (SSSR count). The molecule has 4 bridgehead atoms. The van der Waals surface area contributed by atoms with Gasteiger partial charge < -0.3 is 0 Å². The van der Waals surface area contributed by atoms with Crippen LogP contribution >= 0.6 is 0 Å². The van der Waals surface area contributed by atoms with E-state index in [-0.39, 0.29) is 0 Å². The highest BCUT2D eigenvalue weighted by atomic mass is 14.6. The number of hydrogen-bond acceptors (Lipinski definition) is 0. The zero-order valence-electron chi connectivity index (χ0n) is 8.66. The summed E-state index contributed by atoms with van der Waals surface area (Å²) in [5.74, 6) is 3.72. The maximum absolute atomic E-state index is 2.47. The summed E-state index contributed by atoms with van der Waals surface area (Å²) < 4.78 is 0. The summed E-state index contributed by atoms with van der Waals surface area (Å²) in [4.78, 5) is 0. The van der Waals surface area contributed by atoms with E-state index in [9.17, 15) is 0 Å². The van der Waals surface area contributed by atoms with Crippen molar-refractivity contribution < 1.29 is 0 Å². The molecule has 0 aromatic carbocycles. The van der Waals surface area contributed by atoms with E-state index < -0.39 is 0 Å². The number of hydrogen-bond donors (Lipinski definition) is 0. The van der Waals surface area contributed by atoms with Gasteiger partial charge >= 0.3 is 0 Å². The monoisotopic (exact) mass is 184 g/mol. The molecule has 0 saturated heterocycles. The third kappa shape index (κ3) is 0.657. The Balaban J connectivity index is 1.87. The Bertz CT molecular complexity index is 394. The normalized spacial score (nSPS) is 49.9. The molecule has 4 aliphatic rings. The molecule has 0 N–H and O–H groups in total. The highest BCUT2D eigenvalue weighted by molar-refractivity contribution is 5.48. The van der Waals surface area contributed by atoms with Gasteiger partial charge in [0.15, 0.2) is 0 Å². The molecule has 0 aromatic rings. The van der Waals surface area contributed by atoms with Crippen LogP contribution < -0.4 is 0 Å². The lowest BCUT2D eigenvalue weighted by molar-refractivity contribution is 0.404. The molecule has 4 unspecified atom stereocenters. The quantitative estimate of drug-likeness (QED) is 0.506. The molecule has 0 heterocycles. The Hall–Kier alpha value is -0.780. The van der Waals surface area contributed by atoms with Gasteiger partial charge in [0.1, 0.15) is 0 Å². The van der Waals surface area contributed by atoms with Gasteiger partial charge in [0.25, 0.3) is 0 Å². The highest BCUT2D eigenvalue weighted by Gasteiger charge is 2.53. The summed E-state index contributed by atoms with van der Waals surface area (Å²) in [7, 11) is 0. The van der Waals surface area contributed by atoms with Gasteiger partial charge in [-0.2, -0.15) is 0 Å². The molecule has 0 heteroatoms. The van der Waals surface area contributed by atoms with E-state index in [1.807, 2.05) is 5.57 Å². The minimum Gasteiger partial charge on any atom is -0.0881 e. The summed E-state index contributed by atoms with van der Waals surface area (Å²) in [6.45, 7) is 2.23. The van der Waals surface area contributed by atoms with Gasteiger partial charge in [-0.25, -0.2) is 0 Å². The van der Waals surface area contributed by atoms with E-state index >= 15 is 0 Å². The van der Waals surface area contributed by atoms with Crippen molar-refractivity contribution in [3.05, 3.63) is 34.9 Å². The summed E-state index contributed by atoms with van der Waals surface area (Å²) in [6.07, 6.45) is 11.5. The standard InChI is InChI=1S/C14H16/c1-2-8-5-11-7-12(8)14-10-4-3-9(6-10)13(11)14/h2-4,10-12,14H,5-7H2,1H3. The van der Waals surface area contributed by atoms with Gasteiger partial charge in [0.05, 0.1) is 0 Å². The van der Waals surface area contributed by atoms with Gasteiger partial charge in [-0.15, -0.1) is 0 Å².